The zero-order valence-electron chi connectivity index (χ0n) is 24.6. The van der Waals surface area contributed by atoms with E-state index in [-0.39, 0.29) is 22.4 Å². The SMILES string of the molecule is COC(=O)OCOc1c2n(ccc1=O)N([C@@H]1c3ccccc3-c3scnc3-c3c1ccc(F)c3F)[C@@H]1CC(C)(C)CCN1C2=O. The Bertz CT molecular complexity index is 1920. The fourth-order valence-electron chi connectivity index (χ4n) is 6.60. The zero-order valence-corrected chi connectivity index (χ0v) is 25.4. The molecular formula is C32H28F2N4O6S. The van der Waals surface area contributed by atoms with Crippen molar-refractivity contribution in [3.63, 3.8) is 0 Å². The van der Waals surface area contributed by atoms with Crippen LogP contribution in [0.2, 0.25) is 0 Å². The highest BCUT2D eigenvalue weighted by Gasteiger charge is 2.49. The normalized spacial score (nSPS) is 19.4. The lowest BCUT2D eigenvalue weighted by molar-refractivity contribution is 0.0104. The summed E-state index contributed by atoms with van der Waals surface area (Å²) in [6.45, 7) is 3.95. The smallest absolute Gasteiger partial charge is 0.451 e. The topological polar surface area (TPSA) is 103 Å². The lowest BCUT2D eigenvalue weighted by atomic mass is 9.79. The molecule has 2 atom stereocenters. The van der Waals surface area contributed by atoms with Crippen LogP contribution in [0.1, 0.15) is 54.3 Å². The monoisotopic (exact) mass is 634 g/mol. The summed E-state index contributed by atoms with van der Waals surface area (Å²) in [5.41, 5.74) is 3.16. The molecule has 0 N–H and O–H groups in total. The number of pyridine rings is 1. The van der Waals surface area contributed by atoms with Crippen LogP contribution in [-0.2, 0) is 9.47 Å². The summed E-state index contributed by atoms with van der Waals surface area (Å²) in [5, 5.41) is 1.94. The van der Waals surface area contributed by atoms with E-state index < -0.39 is 48.1 Å². The van der Waals surface area contributed by atoms with Crippen LogP contribution in [0.15, 0.2) is 59.0 Å². The Kier molecular flexibility index (Phi) is 6.88. The van der Waals surface area contributed by atoms with Crippen molar-refractivity contribution in [2.75, 3.05) is 25.5 Å². The van der Waals surface area contributed by atoms with Gasteiger partial charge in [-0.1, -0.05) is 44.2 Å². The van der Waals surface area contributed by atoms with Crippen LogP contribution in [0.3, 0.4) is 0 Å². The van der Waals surface area contributed by atoms with Crippen molar-refractivity contribution in [1.82, 2.24) is 14.6 Å². The molecule has 2 aliphatic heterocycles. The molecule has 0 spiro atoms. The highest BCUT2D eigenvalue weighted by molar-refractivity contribution is 7.13. The first-order valence-electron chi connectivity index (χ1n) is 14.3. The summed E-state index contributed by atoms with van der Waals surface area (Å²) < 4.78 is 47.4. The second-order valence-corrected chi connectivity index (χ2v) is 12.7. The van der Waals surface area contributed by atoms with E-state index in [0.717, 1.165) is 24.3 Å². The van der Waals surface area contributed by atoms with Crippen LogP contribution in [0.25, 0.3) is 21.7 Å². The van der Waals surface area contributed by atoms with Gasteiger partial charge in [-0.3, -0.25) is 19.3 Å². The number of halogens is 2. The summed E-state index contributed by atoms with van der Waals surface area (Å²) >= 11 is 1.33. The fraction of sp³-hybridized carbons (Fsp3) is 0.312. The third-order valence-electron chi connectivity index (χ3n) is 8.71. The highest BCUT2D eigenvalue weighted by Crippen LogP contribution is 2.51. The van der Waals surface area contributed by atoms with Gasteiger partial charge in [0.1, 0.15) is 6.17 Å². The quantitative estimate of drug-likeness (QED) is 0.209. The van der Waals surface area contributed by atoms with E-state index in [1.165, 1.54) is 23.6 Å². The Balaban J connectivity index is 1.51. The fourth-order valence-corrected chi connectivity index (χ4v) is 7.45. The number of hydrogen-bond acceptors (Lipinski definition) is 9. The van der Waals surface area contributed by atoms with E-state index >= 15 is 4.39 Å². The van der Waals surface area contributed by atoms with Crippen LogP contribution in [0, 0.1) is 17.0 Å². The number of benzene rings is 2. The number of thiazole rings is 1. The van der Waals surface area contributed by atoms with Gasteiger partial charge in [-0.25, -0.2) is 18.6 Å². The zero-order chi connectivity index (χ0) is 31.6. The van der Waals surface area contributed by atoms with Gasteiger partial charge in [0, 0.05) is 24.4 Å². The number of nitrogens with zero attached hydrogens (tertiary/aromatic N) is 4. The Labute approximate surface area is 260 Å². The molecule has 10 nitrogen and oxygen atoms in total. The van der Waals surface area contributed by atoms with Gasteiger partial charge >= 0.3 is 6.16 Å². The Morgan fingerprint density at radius 3 is 2.71 bits per heavy atom. The molecule has 0 saturated carbocycles. The first-order chi connectivity index (χ1) is 21.6. The van der Waals surface area contributed by atoms with Crippen LogP contribution in [0.4, 0.5) is 13.6 Å². The molecule has 0 radical (unpaired) electrons. The molecule has 4 aromatic rings. The van der Waals surface area contributed by atoms with E-state index in [0.29, 0.717) is 35.5 Å². The average Bonchev–Trinajstić information content (AvgIpc) is 3.46. The van der Waals surface area contributed by atoms with Crippen molar-refractivity contribution in [1.29, 1.82) is 0 Å². The molecule has 13 heteroatoms. The number of rotatable bonds is 4. The lowest BCUT2D eigenvalue weighted by Gasteiger charge is -2.54. The molecule has 45 heavy (non-hydrogen) atoms. The van der Waals surface area contributed by atoms with Gasteiger partial charge in [0.05, 0.1) is 29.2 Å². The Morgan fingerprint density at radius 2 is 1.91 bits per heavy atom. The highest BCUT2D eigenvalue weighted by atomic mass is 32.1. The van der Waals surface area contributed by atoms with Crippen molar-refractivity contribution in [2.45, 2.75) is 38.9 Å². The number of piperidine rings is 1. The summed E-state index contributed by atoms with van der Waals surface area (Å²) in [4.78, 5) is 45.9. The minimum atomic E-state index is -1.02. The number of carbonyl (C=O) groups excluding carboxylic acids is 2. The van der Waals surface area contributed by atoms with Gasteiger partial charge in [-0.2, -0.15) is 0 Å². The van der Waals surface area contributed by atoms with Crippen LogP contribution < -0.4 is 15.2 Å². The molecule has 1 aliphatic carbocycles. The molecule has 0 bridgehead atoms. The van der Waals surface area contributed by atoms with Crippen LogP contribution in [-0.4, -0.2) is 53.2 Å². The summed E-state index contributed by atoms with van der Waals surface area (Å²) in [6.07, 6.45) is 1.17. The first-order valence-corrected chi connectivity index (χ1v) is 15.2. The van der Waals surface area contributed by atoms with Crippen LogP contribution in [0.5, 0.6) is 5.75 Å². The number of methoxy groups -OCH3 is 1. The minimum absolute atomic E-state index is 0.0384. The second-order valence-electron chi connectivity index (χ2n) is 11.9. The molecule has 2 aromatic heterocycles. The molecule has 7 rings (SSSR count). The van der Waals surface area contributed by atoms with Crippen molar-refractivity contribution in [3.05, 3.63) is 92.9 Å². The average molecular weight is 635 g/mol. The van der Waals surface area contributed by atoms with E-state index in [2.05, 4.69) is 23.6 Å². The van der Waals surface area contributed by atoms with Crippen molar-refractivity contribution < 1.29 is 32.6 Å². The van der Waals surface area contributed by atoms with E-state index in [1.807, 2.05) is 29.3 Å². The molecule has 232 valence electrons. The molecule has 1 amide bonds. The van der Waals surface area contributed by atoms with Gasteiger partial charge in [0.15, 0.2) is 17.3 Å². The van der Waals surface area contributed by atoms with Gasteiger partial charge < -0.3 is 19.1 Å². The summed E-state index contributed by atoms with van der Waals surface area (Å²) in [7, 11) is 1.13. The maximum absolute atomic E-state index is 15.9. The molecule has 1 saturated heterocycles. The number of amides is 1. The molecule has 4 heterocycles. The summed E-state index contributed by atoms with van der Waals surface area (Å²) in [5.74, 6) is -2.77. The van der Waals surface area contributed by atoms with Gasteiger partial charge in [-0.15, -0.1) is 11.3 Å². The second kappa shape index (κ2) is 10.7. The largest absolute Gasteiger partial charge is 0.510 e. The van der Waals surface area contributed by atoms with Crippen molar-refractivity contribution >= 4 is 23.4 Å². The third-order valence-corrected chi connectivity index (χ3v) is 9.57. The number of aromatic nitrogens is 2. The molecular weight excluding hydrogens is 606 g/mol. The predicted octanol–water partition coefficient (Wildman–Crippen LogP) is 5.68. The predicted molar refractivity (Wildman–Crippen MR) is 160 cm³/mol. The molecule has 0 unspecified atom stereocenters. The van der Waals surface area contributed by atoms with Gasteiger partial charge in [-0.05, 0) is 41.0 Å². The van der Waals surface area contributed by atoms with E-state index in [1.54, 1.807) is 21.2 Å². The maximum Gasteiger partial charge on any atom is 0.510 e. The minimum Gasteiger partial charge on any atom is -0.451 e. The van der Waals surface area contributed by atoms with Crippen molar-refractivity contribution in [2.24, 2.45) is 5.41 Å². The van der Waals surface area contributed by atoms with Gasteiger partial charge in [0.25, 0.3) is 5.91 Å². The lowest BCUT2D eigenvalue weighted by Crippen LogP contribution is -2.65. The number of carbonyl (C=O) groups is 2. The van der Waals surface area contributed by atoms with Crippen molar-refractivity contribution in [3.8, 4) is 27.4 Å². The van der Waals surface area contributed by atoms with E-state index in [4.69, 9.17) is 9.47 Å². The number of fused-ring (bicyclic) bond motifs is 7. The molecule has 2 aromatic carbocycles. The number of ether oxygens (including phenoxy) is 3. The maximum atomic E-state index is 15.9. The van der Waals surface area contributed by atoms with Crippen LogP contribution >= 0.6 is 11.3 Å². The first kappa shape index (κ1) is 29.0. The van der Waals surface area contributed by atoms with E-state index in [9.17, 15) is 18.8 Å². The standard InChI is InChI=1S/C32H28F2N4O6S/c1-32(2)11-13-36-22(14-32)38(37-12-10-21(39)28(27(37)30(36)40)43-16-44-31(41)42-3)26-17-6-4-5-7-18(17)29-25(35-15-45-29)23-19(26)8-9-20(33)24(23)34/h4-10,12,15,22,26H,11,13-14,16H2,1-3H3/t22-,26-/m1/s1. The third kappa shape index (κ3) is 4.55. The molecule has 1 fully saturated rings. The van der Waals surface area contributed by atoms with Gasteiger partial charge in [0.2, 0.25) is 18.0 Å². The Morgan fingerprint density at radius 1 is 1.11 bits per heavy atom. The summed E-state index contributed by atoms with van der Waals surface area (Å²) in [6, 6.07) is 10.8. The number of hydrogen-bond donors (Lipinski definition) is 0. The molecule has 3 aliphatic rings. The Hall–Kier alpha value is -4.78.